The Balaban J connectivity index is 1.75. The van der Waals surface area contributed by atoms with E-state index in [1.165, 1.54) is 24.3 Å². The molecule has 5 heteroatoms. The third kappa shape index (κ3) is 3.68. The summed E-state index contributed by atoms with van der Waals surface area (Å²) in [5.41, 5.74) is 1.57. The third-order valence-electron chi connectivity index (χ3n) is 4.17. The number of aliphatic hydroxyl groups is 1. The molecular weight excluding hydrogens is 309 g/mol. The highest BCUT2D eigenvalue weighted by Crippen LogP contribution is 2.30. The topological polar surface area (TPSA) is 57.6 Å². The summed E-state index contributed by atoms with van der Waals surface area (Å²) in [6, 6.07) is 12.2. The maximum absolute atomic E-state index is 13.0. The first-order chi connectivity index (χ1) is 11.6. The average Bonchev–Trinajstić information content (AvgIpc) is 3.44. The van der Waals surface area contributed by atoms with Crippen LogP contribution >= 0.6 is 0 Å². The Labute approximate surface area is 139 Å². The van der Waals surface area contributed by atoms with Crippen molar-refractivity contribution in [3.8, 4) is 0 Å². The normalized spacial score (nSPS) is 14.9. The Hall–Kier alpha value is -2.53. The SMILES string of the molecule is O=Cc1ccc(C(=O)N(CC(O)c2ccc(F)cc2)C2CC2)cc1. The van der Waals surface area contributed by atoms with Crippen LogP contribution in [0.25, 0.3) is 0 Å². The molecule has 0 aliphatic heterocycles. The Kier molecular flexibility index (Phi) is 4.71. The number of hydrogen-bond acceptors (Lipinski definition) is 3. The van der Waals surface area contributed by atoms with Gasteiger partial charge in [-0.15, -0.1) is 0 Å². The zero-order chi connectivity index (χ0) is 17.1. The largest absolute Gasteiger partial charge is 0.387 e. The number of nitrogens with zero attached hydrogens (tertiary/aromatic N) is 1. The number of carbonyl (C=O) groups excluding carboxylic acids is 2. The fourth-order valence-electron chi connectivity index (χ4n) is 2.63. The smallest absolute Gasteiger partial charge is 0.254 e. The quantitative estimate of drug-likeness (QED) is 0.830. The van der Waals surface area contributed by atoms with Gasteiger partial charge in [-0.1, -0.05) is 24.3 Å². The van der Waals surface area contributed by atoms with Gasteiger partial charge in [-0.25, -0.2) is 4.39 Å². The summed E-state index contributed by atoms with van der Waals surface area (Å²) in [4.78, 5) is 25.1. The molecule has 0 radical (unpaired) electrons. The molecule has 1 amide bonds. The standard InChI is InChI=1S/C19H18FNO3/c20-16-7-5-14(6-8-16)18(23)11-21(17-9-10-17)19(24)15-3-1-13(12-22)2-4-15/h1-8,12,17-18,23H,9-11H2. The molecule has 1 saturated carbocycles. The molecule has 0 aromatic heterocycles. The number of hydrogen-bond donors (Lipinski definition) is 1. The molecule has 24 heavy (non-hydrogen) atoms. The van der Waals surface area contributed by atoms with Crippen molar-refractivity contribution < 1.29 is 19.1 Å². The molecule has 1 aliphatic rings. The van der Waals surface area contributed by atoms with E-state index >= 15 is 0 Å². The minimum atomic E-state index is -0.871. The van der Waals surface area contributed by atoms with E-state index < -0.39 is 6.10 Å². The second kappa shape index (κ2) is 6.93. The molecule has 4 nitrogen and oxygen atoms in total. The van der Waals surface area contributed by atoms with Gasteiger partial charge >= 0.3 is 0 Å². The summed E-state index contributed by atoms with van der Waals surface area (Å²) in [5, 5.41) is 10.4. The van der Waals surface area contributed by atoms with Gasteiger partial charge in [-0.2, -0.15) is 0 Å². The van der Waals surface area contributed by atoms with Crippen LogP contribution in [0.5, 0.6) is 0 Å². The zero-order valence-electron chi connectivity index (χ0n) is 13.1. The van der Waals surface area contributed by atoms with Crippen LogP contribution in [0.3, 0.4) is 0 Å². The van der Waals surface area contributed by atoms with Gasteiger partial charge in [0.25, 0.3) is 5.91 Å². The van der Waals surface area contributed by atoms with E-state index in [2.05, 4.69) is 0 Å². The van der Waals surface area contributed by atoms with Gasteiger partial charge < -0.3 is 10.0 Å². The van der Waals surface area contributed by atoms with Crippen LogP contribution in [0.2, 0.25) is 0 Å². The highest BCUT2D eigenvalue weighted by molar-refractivity contribution is 5.95. The minimum absolute atomic E-state index is 0.123. The number of rotatable bonds is 6. The summed E-state index contributed by atoms with van der Waals surface area (Å²) < 4.78 is 13.0. The van der Waals surface area contributed by atoms with E-state index in [0.29, 0.717) is 16.7 Å². The summed E-state index contributed by atoms with van der Waals surface area (Å²) in [6.45, 7) is 0.157. The van der Waals surface area contributed by atoms with E-state index in [0.717, 1.165) is 19.1 Å². The maximum Gasteiger partial charge on any atom is 0.254 e. The Morgan fingerprint density at radius 2 is 1.79 bits per heavy atom. The van der Waals surface area contributed by atoms with Crippen molar-refractivity contribution in [2.75, 3.05) is 6.54 Å². The van der Waals surface area contributed by atoms with Gasteiger partial charge in [0.05, 0.1) is 12.6 Å². The maximum atomic E-state index is 13.0. The lowest BCUT2D eigenvalue weighted by Crippen LogP contribution is -2.36. The Bertz CT molecular complexity index is 723. The number of carbonyl (C=O) groups is 2. The third-order valence-corrected chi connectivity index (χ3v) is 4.17. The predicted octanol–water partition coefficient (Wildman–Crippen LogP) is 2.98. The summed E-state index contributed by atoms with van der Waals surface area (Å²) in [7, 11) is 0. The summed E-state index contributed by atoms with van der Waals surface area (Å²) >= 11 is 0. The second-order valence-electron chi connectivity index (χ2n) is 6.00. The second-order valence-corrected chi connectivity index (χ2v) is 6.00. The fraction of sp³-hybridized carbons (Fsp3) is 0.263. The number of aldehydes is 1. The zero-order valence-corrected chi connectivity index (χ0v) is 13.1. The van der Waals surface area contributed by atoms with Gasteiger partial charge in [0.15, 0.2) is 0 Å². The molecule has 3 rings (SSSR count). The minimum Gasteiger partial charge on any atom is -0.387 e. The summed E-state index contributed by atoms with van der Waals surface area (Å²) in [5.74, 6) is -0.535. The van der Waals surface area contributed by atoms with Crippen molar-refractivity contribution in [2.45, 2.75) is 25.0 Å². The molecule has 2 aromatic rings. The van der Waals surface area contributed by atoms with Crippen LogP contribution in [-0.4, -0.2) is 34.8 Å². The predicted molar refractivity (Wildman–Crippen MR) is 87.2 cm³/mol. The number of amides is 1. The van der Waals surface area contributed by atoms with E-state index in [-0.39, 0.29) is 24.3 Å². The molecule has 0 heterocycles. The first kappa shape index (κ1) is 16.3. The molecule has 1 N–H and O–H groups in total. The van der Waals surface area contributed by atoms with E-state index in [4.69, 9.17) is 0 Å². The molecule has 0 spiro atoms. The molecule has 124 valence electrons. The fourth-order valence-corrected chi connectivity index (χ4v) is 2.63. The van der Waals surface area contributed by atoms with E-state index in [1.807, 2.05) is 0 Å². The first-order valence-electron chi connectivity index (χ1n) is 7.88. The highest BCUT2D eigenvalue weighted by atomic mass is 19.1. The molecule has 1 unspecified atom stereocenters. The van der Waals surface area contributed by atoms with Crippen LogP contribution < -0.4 is 0 Å². The molecule has 1 atom stereocenters. The number of benzene rings is 2. The van der Waals surface area contributed by atoms with Crippen LogP contribution in [0, 0.1) is 5.82 Å². The lowest BCUT2D eigenvalue weighted by molar-refractivity contribution is 0.0603. The number of aliphatic hydroxyl groups excluding tert-OH is 1. The highest BCUT2D eigenvalue weighted by Gasteiger charge is 2.34. The van der Waals surface area contributed by atoms with Crippen LogP contribution in [-0.2, 0) is 0 Å². The van der Waals surface area contributed by atoms with Crippen LogP contribution in [0.15, 0.2) is 48.5 Å². The van der Waals surface area contributed by atoms with Gasteiger partial charge in [0.2, 0.25) is 0 Å². The van der Waals surface area contributed by atoms with Crippen molar-refractivity contribution in [1.29, 1.82) is 0 Å². The van der Waals surface area contributed by atoms with Gasteiger partial charge in [0, 0.05) is 17.2 Å². The number of halogens is 1. The molecular formula is C19H18FNO3. The van der Waals surface area contributed by atoms with Crippen LogP contribution in [0.1, 0.15) is 45.2 Å². The van der Waals surface area contributed by atoms with Gasteiger partial charge in [0.1, 0.15) is 12.1 Å². The van der Waals surface area contributed by atoms with Crippen molar-refractivity contribution >= 4 is 12.2 Å². The van der Waals surface area contributed by atoms with Crippen molar-refractivity contribution in [2.24, 2.45) is 0 Å². The van der Waals surface area contributed by atoms with Crippen molar-refractivity contribution in [1.82, 2.24) is 4.90 Å². The van der Waals surface area contributed by atoms with Gasteiger partial charge in [-0.3, -0.25) is 9.59 Å². The van der Waals surface area contributed by atoms with Crippen LogP contribution in [0.4, 0.5) is 4.39 Å². The molecule has 1 fully saturated rings. The monoisotopic (exact) mass is 327 g/mol. The summed E-state index contributed by atoms with van der Waals surface area (Å²) in [6.07, 6.45) is 1.68. The van der Waals surface area contributed by atoms with E-state index in [9.17, 15) is 19.1 Å². The van der Waals surface area contributed by atoms with Crippen molar-refractivity contribution in [3.05, 3.63) is 71.0 Å². The van der Waals surface area contributed by atoms with Crippen molar-refractivity contribution in [3.63, 3.8) is 0 Å². The molecule has 2 aromatic carbocycles. The van der Waals surface area contributed by atoms with Gasteiger partial charge in [-0.05, 0) is 42.7 Å². The first-order valence-corrected chi connectivity index (χ1v) is 7.88. The Morgan fingerprint density at radius 3 is 2.33 bits per heavy atom. The average molecular weight is 327 g/mol. The molecule has 0 saturated heterocycles. The van der Waals surface area contributed by atoms with E-state index in [1.54, 1.807) is 29.2 Å². The Morgan fingerprint density at radius 1 is 1.17 bits per heavy atom. The lowest BCUT2D eigenvalue weighted by atomic mass is 10.1. The lowest BCUT2D eigenvalue weighted by Gasteiger charge is -2.25. The molecule has 0 bridgehead atoms. The molecule has 1 aliphatic carbocycles.